The molecule has 0 aromatic rings. The molecule has 1 aliphatic heterocycles. The van der Waals surface area contributed by atoms with Gasteiger partial charge in [0.15, 0.2) is 0 Å². The molecule has 0 radical (unpaired) electrons. The minimum Gasteiger partial charge on any atom is -0.340 e. The second-order valence-electron chi connectivity index (χ2n) is 6.48. The molecule has 1 saturated heterocycles. The first kappa shape index (κ1) is 19.0. The second-order valence-corrected chi connectivity index (χ2v) is 6.48. The summed E-state index contributed by atoms with van der Waals surface area (Å²) in [5.41, 5.74) is 5.80. The predicted molar refractivity (Wildman–Crippen MR) is 90.2 cm³/mol. The molecule has 0 aromatic heterocycles. The topological polar surface area (TPSA) is 49.6 Å². The predicted octanol–water partition coefficient (Wildman–Crippen LogP) is 1.90. The molecule has 2 saturated carbocycles. The standard InChI is InChI=1S/C15H27N3O.2ClH/c16-11-12-3-1-6-14(12)15(19)18-9-7-17(8-10-18)13-4-2-5-13;;/h12-14H,1-11,16H2;2*1H/t12-,14-;;/m1../s1. The first-order valence-corrected chi connectivity index (χ1v) is 8.02. The number of nitrogens with zero attached hydrogens (tertiary/aromatic N) is 2. The summed E-state index contributed by atoms with van der Waals surface area (Å²) in [5.74, 6) is 1.05. The van der Waals surface area contributed by atoms with Crippen LogP contribution in [0.2, 0.25) is 0 Å². The van der Waals surface area contributed by atoms with Gasteiger partial charge in [-0.15, -0.1) is 24.8 Å². The molecule has 1 amide bonds. The van der Waals surface area contributed by atoms with Crippen molar-refractivity contribution in [3.63, 3.8) is 0 Å². The van der Waals surface area contributed by atoms with E-state index in [9.17, 15) is 4.79 Å². The number of amides is 1. The van der Waals surface area contributed by atoms with Gasteiger partial charge in [-0.25, -0.2) is 0 Å². The Morgan fingerprint density at radius 1 is 0.952 bits per heavy atom. The molecule has 6 heteroatoms. The Morgan fingerprint density at radius 2 is 1.57 bits per heavy atom. The highest BCUT2D eigenvalue weighted by atomic mass is 35.5. The fraction of sp³-hybridized carbons (Fsp3) is 0.933. The third-order valence-electron chi connectivity index (χ3n) is 5.50. The first-order chi connectivity index (χ1) is 9.29. The van der Waals surface area contributed by atoms with E-state index < -0.39 is 0 Å². The summed E-state index contributed by atoms with van der Waals surface area (Å²) in [6.07, 6.45) is 7.51. The van der Waals surface area contributed by atoms with Crippen molar-refractivity contribution in [2.45, 2.75) is 44.6 Å². The van der Waals surface area contributed by atoms with E-state index in [1.54, 1.807) is 0 Å². The van der Waals surface area contributed by atoms with E-state index in [0.29, 0.717) is 18.4 Å². The Kier molecular flexibility index (Phi) is 7.75. The highest BCUT2D eigenvalue weighted by molar-refractivity contribution is 5.85. The van der Waals surface area contributed by atoms with Gasteiger partial charge in [-0.05, 0) is 38.1 Å². The molecule has 0 unspecified atom stereocenters. The van der Waals surface area contributed by atoms with Gasteiger partial charge < -0.3 is 10.6 Å². The average molecular weight is 338 g/mol. The van der Waals surface area contributed by atoms with Gasteiger partial charge in [0.2, 0.25) is 5.91 Å². The Bertz CT molecular complexity index is 331. The van der Waals surface area contributed by atoms with Crippen molar-refractivity contribution in [3.05, 3.63) is 0 Å². The van der Waals surface area contributed by atoms with Gasteiger partial charge in [0.1, 0.15) is 0 Å². The lowest BCUT2D eigenvalue weighted by atomic mass is 9.90. The number of carbonyl (C=O) groups excluding carboxylic acids is 1. The minimum atomic E-state index is 0. The Labute approximate surface area is 140 Å². The second kappa shape index (κ2) is 8.56. The smallest absolute Gasteiger partial charge is 0.226 e. The van der Waals surface area contributed by atoms with Gasteiger partial charge in [-0.3, -0.25) is 9.69 Å². The summed E-state index contributed by atoms with van der Waals surface area (Å²) in [5, 5.41) is 0. The third kappa shape index (κ3) is 4.04. The molecule has 124 valence electrons. The lowest BCUT2D eigenvalue weighted by Gasteiger charge is -2.43. The number of hydrogen-bond donors (Lipinski definition) is 1. The van der Waals surface area contributed by atoms with Crippen LogP contribution < -0.4 is 5.73 Å². The highest BCUT2D eigenvalue weighted by Gasteiger charge is 2.36. The van der Waals surface area contributed by atoms with Crippen LogP contribution in [0.3, 0.4) is 0 Å². The van der Waals surface area contributed by atoms with Gasteiger partial charge in [0.05, 0.1) is 0 Å². The first-order valence-electron chi connectivity index (χ1n) is 8.02. The van der Waals surface area contributed by atoms with E-state index in [1.807, 2.05) is 0 Å². The zero-order valence-corrected chi connectivity index (χ0v) is 14.3. The molecule has 2 atom stereocenters. The van der Waals surface area contributed by atoms with Crippen LogP contribution in [0.4, 0.5) is 0 Å². The SMILES string of the molecule is Cl.Cl.NC[C@H]1CCC[C@H]1C(=O)N1CCN(C2CCC2)CC1. The monoisotopic (exact) mass is 337 g/mol. The van der Waals surface area contributed by atoms with Crippen LogP contribution in [0.15, 0.2) is 0 Å². The molecule has 3 fully saturated rings. The van der Waals surface area contributed by atoms with Crippen LogP contribution >= 0.6 is 24.8 Å². The number of halogens is 2. The van der Waals surface area contributed by atoms with Crippen molar-refractivity contribution in [3.8, 4) is 0 Å². The summed E-state index contributed by atoms with van der Waals surface area (Å²) in [6.45, 7) is 4.71. The maximum atomic E-state index is 12.6. The molecule has 3 rings (SSSR count). The lowest BCUT2D eigenvalue weighted by molar-refractivity contribution is -0.139. The van der Waals surface area contributed by atoms with Crippen molar-refractivity contribution in [1.29, 1.82) is 0 Å². The molecule has 1 heterocycles. The molecule has 21 heavy (non-hydrogen) atoms. The number of hydrogen-bond acceptors (Lipinski definition) is 3. The Morgan fingerprint density at radius 3 is 2.10 bits per heavy atom. The van der Waals surface area contributed by atoms with Crippen molar-refractivity contribution < 1.29 is 4.79 Å². The Hall–Kier alpha value is -0.0300. The third-order valence-corrected chi connectivity index (χ3v) is 5.50. The summed E-state index contributed by atoms with van der Waals surface area (Å²) >= 11 is 0. The van der Waals surface area contributed by atoms with Gasteiger partial charge in [0.25, 0.3) is 0 Å². The fourth-order valence-electron chi connectivity index (χ4n) is 3.94. The van der Waals surface area contributed by atoms with Crippen molar-refractivity contribution in [1.82, 2.24) is 9.80 Å². The highest BCUT2D eigenvalue weighted by Crippen LogP contribution is 2.33. The Balaban J connectivity index is 0.00000110. The van der Waals surface area contributed by atoms with Crippen molar-refractivity contribution >= 4 is 30.7 Å². The van der Waals surface area contributed by atoms with E-state index in [-0.39, 0.29) is 30.7 Å². The summed E-state index contributed by atoms with van der Waals surface area (Å²) in [7, 11) is 0. The maximum Gasteiger partial charge on any atom is 0.226 e. The van der Waals surface area contributed by atoms with E-state index in [4.69, 9.17) is 5.73 Å². The number of nitrogens with two attached hydrogens (primary N) is 1. The van der Waals surface area contributed by atoms with Crippen molar-refractivity contribution in [2.24, 2.45) is 17.6 Å². The molecule has 2 N–H and O–H groups in total. The quantitative estimate of drug-likeness (QED) is 0.855. The van der Waals surface area contributed by atoms with E-state index in [2.05, 4.69) is 9.80 Å². The number of piperazine rings is 1. The summed E-state index contributed by atoms with van der Waals surface area (Å²) in [6, 6.07) is 0.820. The molecule has 0 aromatic carbocycles. The van der Waals surface area contributed by atoms with E-state index in [0.717, 1.165) is 45.1 Å². The average Bonchev–Trinajstić information content (AvgIpc) is 2.85. The van der Waals surface area contributed by atoms with Gasteiger partial charge in [0, 0.05) is 38.1 Å². The van der Waals surface area contributed by atoms with Gasteiger partial charge in [-0.1, -0.05) is 12.8 Å². The molecule has 3 aliphatic rings. The van der Waals surface area contributed by atoms with Gasteiger partial charge in [-0.2, -0.15) is 0 Å². The van der Waals surface area contributed by atoms with Crippen LogP contribution in [0.5, 0.6) is 0 Å². The van der Waals surface area contributed by atoms with E-state index >= 15 is 0 Å². The number of rotatable bonds is 3. The normalized spacial score (nSPS) is 30.2. The molecule has 4 nitrogen and oxygen atoms in total. The maximum absolute atomic E-state index is 12.6. The summed E-state index contributed by atoms with van der Waals surface area (Å²) in [4.78, 5) is 17.3. The van der Waals surface area contributed by atoms with Crippen LogP contribution in [-0.2, 0) is 4.79 Å². The van der Waals surface area contributed by atoms with Crippen LogP contribution in [0, 0.1) is 11.8 Å². The fourth-order valence-corrected chi connectivity index (χ4v) is 3.94. The summed E-state index contributed by atoms with van der Waals surface area (Å²) < 4.78 is 0. The van der Waals surface area contributed by atoms with Crippen molar-refractivity contribution in [2.75, 3.05) is 32.7 Å². The zero-order valence-electron chi connectivity index (χ0n) is 12.7. The van der Waals surface area contributed by atoms with Crippen LogP contribution in [-0.4, -0.2) is 54.5 Å². The molecular formula is C15H29Cl2N3O. The van der Waals surface area contributed by atoms with Gasteiger partial charge >= 0.3 is 0 Å². The molecule has 0 spiro atoms. The number of carbonyl (C=O) groups is 1. The molecular weight excluding hydrogens is 309 g/mol. The minimum absolute atomic E-state index is 0. The zero-order chi connectivity index (χ0) is 13.2. The largest absolute Gasteiger partial charge is 0.340 e. The van der Waals surface area contributed by atoms with Crippen LogP contribution in [0.25, 0.3) is 0 Å². The lowest BCUT2D eigenvalue weighted by Crippen LogP contribution is -2.54. The van der Waals surface area contributed by atoms with E-state index in [1.165, 1.54) is 25.7 Å². The molecule has 0 bridgehead atoms. The van der Waals surface area contributed by atoms with Crippen LogP contribution in [0.1, 0.15) is 38.5 Å². The molecule has 2 aliphatic carbocycles.